The number of nitrogen functional groups attached to an aromatic ring is 1. The van der Waals surface area contributed by atoms with Gasteiger partial charge in [-0.25, -0.2) is 15.8 Å². The van der Waals surface area contributed by atoms with Gasteiger partial charge in [0.25, 0.3) is 0 Å². The molecule has 0 atom stereocenters. The average molecular weight is 334 g/mol. The van der Waals surface area contributed by atoms with Gasteiger partial charge >= 0.3 is 0 Å². The molecule has 1 aliphatic heterocycles. The Labute approximate surface area is 126 Å². The predicted molar refractivity (Wildman–Crippen MR) is 84.0 cm³/mol. The van der Waals surface area contributed by atoms with Crippen molar-refractivity contribution >= 4 is 33.3 Å². The molecule has 1 aliphatic rings. The topological polar surface area (TPSA) is 67.1 Å². The van der Waals surface area contributed by atoms with E-state index in [4.69, 9.17) is 5.84 Å². The van der Waals surface area contributed by atoms with Gasteiger partial charge in [-0.15, -0.1) is 0 Å². The highest BCUT2D eigenvalue weighted by Gasteiger charge is 2.22. The number of nitrogens with zero attached hydrogens (tertiary/aromatic N) is 3. The number of aromatic nitrogens is 2. The van der Waals surface area contributed by atoms with Crippen molar-refractivity contribution < 1.29 is 0 Å². The van der Waals surface area contributed by atoms with Gasteiger partial charge in [0.2, 0.25) is 0 Å². The van der Waals surface area contributed by atoms with E-state index in [1.54, 1.807) is 0 Å². The SMILES string of the molecule is Cc1ccc2c(c1)CCCN2c1ncnc(NN)c1Br. The minimum absolute atomic E-state index is 0.592. The summed E-state index contributed by atoms with van der Waals surface area (Å²) in [6.45, 7) is 3.06. The quantitative estimate of drug-likeness (QED) is 0.653. The van der Waals surface area contributed by atoms with Crippen LogP contribution in [0.4, 0.5) is 17.3 Å². The van der Waals surface area contributed by atoms with E-state index in [-0.39, 0.29) is 0 Å². The maximum absolute atomic E-state index is 5.47. The van der Waals surface area contributed by atoms with Crippen LogP contribution in [0.2, 0.25) is 0 Å². The highest BCUT2D eigenvalue weighted by molar-refractivity contribution is 9.10. The van der Waals surface area contributed by atoms with E-state index in [1.165, 1.54) is 23.1 Å². The smallest absolute Gasteiger partial charge is 0.159 e. The Kier molecular flexibility index (Phi) is 3.58. The van der Waals surface area contributed by atoms with Crippen LogP contribution in [0.25, 0.3) is 0 Å². The van der Waals surface area contributed by atoms with Crippen molar-refractivity contribution in [1.82, 2.24) is 9.97 Å². The Hall–Kier alpha value is -1.66. The van der Waals surface area contributed by atoms with Crippen molar-refractivity contribution in [2.75, 3.05) is 16.9 Å². The Morgan fingerprint density at radius 3 is 3.00 bits per heavy atom. The molecule has 0 amide bonds. The Morgan fingerprint density at radius 1 is 1.35 bits per heavy atom. The van der Waals surface area contributed by atoms with E-state index in [2.05, 4.69) is 61.3 Å². The molecule has 1 aromatic carbocycles. The third-order valence-corrected chi connectivity index (χ3v) is 4.25. The average Bonchev–Trinajstić information content (AvgIpc) is 2.46. The minimum Gasteiger partial charge on any atom is -0.325 e. The Bertz CT molecular complexity index is 643. The lowest BCUT2D eigenvalue weighted by molar-refractivity contribution is 0.756. The first-order valence-corrected chi connectivity index (χ1v) is 7.34. The van der Waals surface area contributed by atoms with Gasteiger partial charge in [-0.2, -0.15) is 0 Å². The van der Waals surface area contributed by atoms with E-state index >= 15 is 0 Å². The van der Waals surface area contributed by atoms with Crippen molar-refractivity contribution in [3.05, 3.63) is 40.1 Å². The summed E-state index contributed by atoms with van der Waals surface area (Å²) in [7, 11) is 0. The van der Waals surface area contributed by atoms with E-state index in [0.29, 0.717) is 5.82 Å². The largest absolute Gasteiger partial charge is 0.325 e. The lowest BCUT2D eigenvalue weighted by Gasteiger charge is -2.31. The van der Waals surface area contributed by atoms with Crippen LogP contribution in [0, 0.1) is 6.92 Å². The normalized spacial score (nSPS) is 14.1. The summed E-state index contributed by atoms with van der Waals surface area (Å²) < 4.78 is 0.788. The van der Waals surface area contributed by atoms with Gasteiger partial charge in [-0.05, 0) is 47.3 Å². The fourth-order valence-electron chi connectivity index (χ4n) is 2.60. The number of nitrogens with two attached hydrogens (primary N) is 1. The number of hydrogen-bond acceptors (Lipinski definition) is 5. The monoisotopic (exact) mass is 333 g/mol. The number of benzene rings is 1. The molecular formula is C14H16BrN5. The number of hydrazine groups is 1. The highest BCUT2D eigenvalue weighted by atomic mass is 79.9. The van der Waals surface area contributed by atoms with Gasteiger partial charge in [0.1, 0.15) is 10.8 Å². The second-order valence-corrected chi connectivity index (χ2v) is 5.68. The first-order valence-electron chi connectivity index (χ1n) is 6.55. The third-order valence-electron chi connectivity index (χ3n) is 3.52. The van der Waals surface area contributed by atoms with Crippen LogP contribution < -0.4 is 16.2 Å². The zero-order valence-electron chi connectivity index (χ0n) is 11.2. The molecule has 0 unspecified atom stereocenters. The van der Waals surface area contributed by atoms with Crippen LogP contribution in [0.15, 0.2) is 29.0 Å². The summed E-state index contributed by atoms with van der Waals surface area (Å²) in [5.74, 6) is 6.91. The number of rotatable bonds is 2. The molecule has 104 valence electrons. The lowest BCUT2D eigenvalue weighted by Crippen LogP contribution is -2.26. The molecule has 0 spiro atoms. The molecule has 0 fully saturated rings. The fraction of sp³-hybridized carbons (Fsp3) is 0.286. The van der Waals surface area contributed by atoms with Gasteiger partial charge in [0, 0.05) is 12.2 Å². The molecule has 0 radical (unpaired) electrons. The van der Waals surface area contributed by atoms with Gasteiger partial charge in [0.05, 0.1) is 0 Å². The number of hydrogen-bond donors (Lipinski definition) is 2. The molecular weight excluding hydrogens is 318 g/mol. The third kappa shape index (κ3) is 2.25. The zero-order chi connectivity index (χ0) is 14.1. The van der Waals surface area contributed by atoms with Crippen molar-refractivity contribution in [3.8, 4) is 0 Å². The van der Waals surface area contributed by atoms with Crippen molar-refractivity contribution in [2.45, 2.75) is 19.8 Å². The maximum atomic E-state index is 5.47. The standard InChI is InChI=1S/C14H16BrN5/c1-9-4-5-11-10(7-9)3-2-6-20(11)14-12(15)13(19-16)17-8-18-14/h4-5,7-8H,2-3,6,16H2,1H3,(H,17,18,19). The molecule has 20 heavy (non-hydrogen) atoms. The molecule has 5 nitrogen and oxygen atoms in total. The van der Waals surface area contributed by atoms with Gasteiger partial charge in [-0.1, -0.05) is 17.7 Å². The van der Waals surface area contributed by atoms with E-state index < -0.39 is 0 Å². The van der Waals surface area contributed by atoms with Crippen LogP contribution in [0.3, 0.4) is 0 Å². The fourth-order valence-corrected chi connectivity index (χ4v) is 3.13. The van der Waals surface area contributed by atoms with Gasteiger partial charge in [-0.3, -0.25) is 0 Å². The molecule has 2 aromatic rings. The first kappa shape index (κ1) is 13.3. The summed E-state index contributed by atoms with van der Waals surface area (Å²) in [6, 6.07) is 6.54. The van der Waals surface area contributed by atoms with Crippen LogP contribution in [0.1, 0.15) is 17.5 Å². The zero-order valence-corrected chi connectivity index (χ0v) is 12.8. The summed E-state index contributed by atoms with van der Waals surface area (Å²) in [5, 5.41) is 0. The molecule has 1 aromatic heterocycles. The van der Waals surface area contributed by atoms with Gasteiger partial charge in [0.15, 0.2) is 11.6 Å². The molecule has 0 aliphatic carbocycles. The number of aryl methyl sites for hydroxylation is 2. The van der Waals surface area contributed by atoms with E-state index in [9.17, 15) is 0 Å². The van der Waals surface area contributed by atoms with Crippen LogP contribution in [-0.2, 0) is 6.42 Å². The van der Waals surface area contributed by atoms with Crippen molar-refractivity contribution in [2.24, 2.45) is 5.84 Å². The molecule has 3 rings (SSSR count). The number of fused-ring (bicyclic) bond motifs is 1. The minimum atomic E-state index is 0.592. The first-order chi connectivity index (χ1) is 9.70. The second-order valence-electron chi connectivity index (χ2n) is 4.89. The van der Waals surface area contributed by atoms with Crippen molar-refractivity contribution in [3.63, 3.8) is 0 Å². The summed E-state index contributed by atoms with van der Waals surface area (Å²) in [5.41, 5.74) is 6.45. The summed E-state index contributed by atoms with van der Waals surface area (Å²) in [6.07, 6.45) is 3.74. The Balaban J connectivity index is 2.09. The predicted octanol–water partition coefficient (Wildman–Crippen LogP) is 2.92. The maximum Gasteiger partial charge on any atom is 0.159 e. The number of halogens is 1. The summed E-state index contributed by atoms with van der Waals surface area (Å²) >= 11 is 3.53. The van der Waals surface area contributed by atoms with Crippen LogP contribution in [0.5, 0.6) is 0 Å². The highest BCUT2D eigenvalue weighted by Crippen LogP contribution is 2.38. The summed E-state index contributed by atoms with van der Waals surface area (Å²) in [4.78, 5) is 10.7. The van der Waals surface area contributed by atoms with E-state index in [1.807, 2.05) is 0 Å². The lowest BCUT2D eigenvalue weighted by atomic mass is 9.99. The molecule has 0 bridgehead atoms. The molecule has 2 heterocycles. The molecule has 6 heteroatoms. The van der Waals surface area contributed by atoms with Gasteiger partial charge < -0.3 is 10.3 Å². The number of anilines is 3. The second kappa shape index (κ2) is 5.38. The molecule has 0 saturated carbocycles. The molecule has 0 saturated heterocycles. The van der Waals surface area contributed by atoms with E-state index in [0.717, 1.165) is 29.7 Å². The van der Waals surface area contributed by atoms with Crippen LogP contribution in [-0.4, -0.2) is 16.5 Å². The van der Waals surface area contributed by atoms with Crippen LogP contribution >= 0.6 is 15.9 Å². The Morgan fingerprint density at radius 2 is 2.20 bits per heavy atom. The molecule has 3 N–H and O–H groups in total. The van der Waals surface area contributed by atoms with Crippen molar-refractivity contribution in [1.29, 1.82) is 0 Å². The number of nitrogens with one attached hydrogen (secondary N) is 1.